The fourth-order valence-corrected chi connectivity index (χ4v) is 2.31. The highest BCUT2D eigenvalue weighted by atomic mass is 32.3. The largest absolute Gasteiger partial charge is 0.397 e. The number of nitrogens with zero attached hydrogens (tertiary/aromatic N) is 1. The van der Waals surface area contributed by atoms with Crippen molar-refractivity contribution in [3.8, 4) is 0 Å². The van der Waals surface area contributed by atoms with Crippen molar-refractivity contribution in [3.05, 3.63) is 12.3 Å². The third-order valence-electron chi connectivity index (χ3n) is 3.30. The van der Waals surface area contributed by atoms with Crippen molar-refractivity contribution >= 4 is 10.4 Å². The Morgan fingerprint density at radius 2 is 2.16 bits per heavy atom. The molecule has 2 heterocycles. The molecule has 0 saturated carbocycles. The fourth-order valence-electron chi connectivity index (χ4n) is 2.31. The predicted molar refractivity (Wildman–Crippen MR) is 72.7 cm³/mol. The van der Waals surface area contributed by atoms with Gasteiger partial charge in [0, 0.05) is 13.1 Å². The minimum absolute atomic E-state index is 0.0469. The van der Waals surface area contributed by atoms with E-state index in [-0.39, 0.29) is 5.79 Å². The molecule has 1 saturated heterocycles. The highest BCUT2D eigenvalue weighted by Gasteiger charge is 2.35. The average molecular weight is 293 g/mol. The van der Waals surface area contributed by atoms with Crippen molar-refractivity contribution in [2.75, 3.05) is 27.2 Å². The van der Waals surface area contributed by atoms with Crippen molar-refractivity contribution in [2.45, 2.75) is 31.5 Å². The molecule has 3 N–H and O–H groups in total. The Morgan fingerprint density at radius 3 is 2.74 bits per heavy atom. The molecular formula is C11H23N3O4S. The van der Waals surface area contributed by atoms with Crippen LogP contribution >= 0.6 is 0 Å². The third-order valence-corrected chi connectivity index (χ3v) is 3.72. The van der Waals surface area contributed by atoms with E-state index in [1.807, 2.05) is 7.05 Å². The second-order valence-corrected chi connectivity index (χ2v) is 5.64. The first-order chi connectivity index (χ1) is 8.93. The van der Waals surface area contributed by atoms with Crippen molar-refractivity contribution < 1.29 is 17.2 Å². The second kappa shape index (κ2) is 7.20. The SMILES string of the molecule is CNC12CCCC=CN1CCCN2.COS(=O)(=O)O. The maximum absolute atomic E-state index is 9.33. The monoisotopic (exact) mass is 293 g/mol. The van der Waals surface area contributed by atoms with E-state index in [0.29, 0.717) is 0 Å². The van der Waals surface area contributed by atoms with Gasteiger partial charge in [-0.2, -0.15) is 8.42 Å². The Labute approximate surface area is 115 Å². The van der Waals surface area contributed by atoms with Crippen molar-refractivity contribution in [1.29, 1.82) is 0 Å². The summed E-state index contributed by atoms with van der Waals surface area (Å²) >= 11 is 0. The molecule has 0 aliphatic carbocycles. The molecule has 1 atom stereocenters. The molecule has 0 amide bonds. The van der Waals surface area contributed by atoms with E-state index >= 15 is 0 Å². The number of fused-ring (bicyclic) bond motifs is 1. The predicted octanol–water partition coefficient (Wildman–Crippen LogP) is 0.288. The van der Waals surface area contributed by atoms with E-state index in [0.717, 1.165) is 13.7 Å². The third kappa shape index (κ3) is 5.07. The van der Waals surface area contributed by atoms with Gasteiger partial charge in [0.25, 0.3) is 0 Å². The van der Waals surface area contributed by atoms with Gasteiger partial charge in [0.1, 0.15) is 5.79 Å². The first-order valence-electron chi connectivity index (χ1n) is 6.34. The summed E-state index contributed by atoms with van der Waals surface area (Å²) in [6.45, 7) is 2.30. The van der Waals surface area contributed by atoms with Crippen LogP contribution in [0.25, 0.3) is 0 Å². The van der Waals surface area contributed by atoms with E-state index in [9.17, 15) is 8.42 Å². The van der Waals surface area contributed by atoms with Crippen LogP contribution in [0.1, 0.15) is 25.7 Å². The maximum Gasteiger partial charge on any atom is 0.397 e. The van der Waals surface area contributed by atoms with Crippen LogP contribution in [0.2, 0.25) is 0 Å². The molecule has 2 aliphatic heterocycles. The Balaban J connectivity index is 0.000000258. The first kappa shape index (κ1) is 16.4. The normalized spacial score (nSPS) is 27.0. The number of rotatable bonds is 2. The van der Waals surface area contributed by atoms with Crippen LogP contribution in [0, 0.1) is 0 Å². The van der Waals surface area contributed by atoms with E-state index < -0.39 is 10.4 Å². The van der Waals surface area contributed by atoms with Crippen LogP contribution in [-0.4, -0.2) is 50.9 Å². The van der Waals surface area contributed by atoms with Gasteiger partial charge >= 0.3 is 10.4 Å². The topological polar surface area (TPSA) is 90.9 Å². The van der Waals surface area contributed by atoms with Gasteiger partial charge in [0.15, 0.2) is 0 Å². The summed E-state index contributed by atoms with van der Waals surface area (Å²) in [5.74, 6) is 0.0469. The molecule has 0 bridgehead atoms. The Bertz CT molecular complexity index is 399. The molecule has 8 heteroatoms. The Kier molecular flexibility index (Phi) is 6.21. The lowest BCUT2D eigenvalue weighted by atomic mass is 10.1. The molecule has 1 fully saturated rings. The molecule has 7 nitrogen and oxygen atoms in total. The summed E-state index contributed by atoms with van der Waals surface area (Å²) in [7, 11) is -1.25. The van der Waals surface area contributed by atoms with Gasteiger partial charge < -0.3 is 4.90 Å². The van der Waals surface area contributed by atoms with Gasteiger partial charge in [-0.3, -0.25) is 19.4 Å². The molecule has 2 aliphatic rings. The zero-order chi connectivity index (χ0) is 14.4. The number of hydrogen-bond acceptors (Lipinski definition) is 6. The molecule has 19 heavy (non-hydrogen) atoms. The quantitative estimate of drug-likeness (QED) is 0.630. The van der Waals surface area contributed by atoms with Crippen LogP contribution in [0.3, 0.4) is 0 Å². The molecule has 112 valence electrons. The van der Waals surface area contributed by atoms with E-state index in [4.69, 9.17) is 4.55 Å². The lowest BCUT2D eigenvalue weighted by Crippen LogP contribution is -2.67. The maximum atomic E-state index is 9.33. The highest BCUT2D eigenvalue weighted by Crippen LogP contribution is 2.23. The second-order valence-electron chi connectivity index (χ2n) is 4.46. The first-order valence-corrected chi connectivity index (χ1v) is 7.70. The van der Waals surface area contributed by atoms with E-state index in [2.05, 4.69) is 32.0 Å². The van der Waals surface area contributed by atoms with E-state index in [1.54, 1.807) is 0 Å². The number of nitrogens with one attached hydrogen (secondary N) is 2. The van der Waals surface area contributed by atoms with Gasteiger partial charge in [0.05, 0.1) is 7.11 Å². The van der Waals surface area contributed by atoms with Gasteiger partial charge in [-0.05, 0) is 38.9 Å². The van der Waals surface area contributed by atoms with Crippen molar-refractivity contribution in [2.24, 2.45) is 0 Å². The molecule has 0 aromatic heterocycles. The average Bonchev–Trinajstić information content (AvgIpc) is 2.61. The smallest absolute Gasteiger partial charge is 0.348 e. The molecule has 0 aromatic carbocycles. The summed E-state index contributed by atoms with van der Waals surface area (Å²) in [4.78, 5) is 2.41. The molecule has 0 aromatic rings. The molecular weight excluding hydrogens is 270 g/mol. The summed E-state index contributed by atoms with van der Waals surface area (Å²) in [6.07, 6.45) is 9.44. The minimum Gasteiger partial charge on any atom is -0.348 e. The molecule has 0 radical (unpaired) electrons. The summed E-state index contributed by atoms with van der Waals surface area (Å²) in [5.41, 5.74) is 0. The lowest BCUT2D eigenvalue weighted by molar-refractivity contribution is 0.0381. The number of hydrogen-bond donors (Lipinski definition) is 3. The zero-order valence-corrected chi connectivity index (χ0v) is 12.2. The summed E-state index contributed by atoms with van der Waals surface area (Å²) < 4.78 is 29.7. The van der Waals surface area contributed by atoms with Crippen LogP contribution in [-0.2, 0) is 14.6 Å². The van der Waals surface area contributed by atoms with Crippen LogP contribution in [0.4, 0.5) is 0 Å². The standard InChI is InChI=1S/C10H19N3.CH4O4S/c1-11-10-6-3-2-4-8-13(10)9-5-7-12-10;1-5-6(2,3)4/h4,8,11-12H,2-3,5-7,9H2,1H3;1H3,(H,2,3,4). The Hall–Kier alpha value is -0.670. The van der Waals surface area contributed by atoms with Gasteiger partial charge in [-0.15, -0.1) is 0 Å². The lowest BCUT2D eigenvalue weighted by Gasteiger charge is -2.47. The van der Waals surface area contributed by atoms with E-state index in [1.165, 1.54) is 32.2 Å². The molecule has 1 unspecified atom stereocenters. The summed E-state index contributed by atoms with van der Waals surface area (Å²) in [6, 6.07) is 0. The minimum atomic E-state index is -4.16. The Morgan fingerprint density at radius 1 is 1.47 bits per heavy atom. The van der Waals surface area contributed by atoms with Crippen LogP contribution in [0.15, 0.2) is 12.3 Å². The fraction of sp³-hybridized carbons (Fsp3) is 0.818. The van der Waals surface area contributed by atoms with Gasteiger partial charge in [-0.1, -0.05) is 6.08 Å². The zero-order valence-electron chi connectivity index (χ0n) is 11.4. The van der Waals surface area contributed by atoms with Crippen molar-refractivity contribution in [1.82, 2.24) is 15.5 Å². The van der Waals surface area contributed by atoms with Crippen LogP contribution < -0.4 is 10.6 Å². The summed E-state index contributed by atoms with van der Waals surface area (Å²) in [5, 5.41) is 7.01. The van der Waals surface area contributed by atoms with Crippen LogP contribution in [0.5, 0.6) is 0 Å². The molecule has 2 rings (SSSR count). The molecule has 0 spiro atoms. The number of allylic oxidation sites excluding steroid dienone is 1. The highest BCUT2D eigenvalue weighted by molar-refractivity contribution is 7.80. The van der Waals surface area contributed by atoms with Gasteiger partial charge in [0.2, 0.25) is 0 Å². The van der Waals surface area contributed by atoms with Gasteiger partial charge in [-0.25, -0.2) is 0 Å². The van der Waals surface area contributed by atoms with Crippen molar-refractivity contribution in [3.63, 3.8) is 0 Å².